The lowest BCUT2D eigenvalue weighted by Crippen LogP contribution is -2.62. The van der Waals surface area contributed by atoms with E-state index in [0.29, 0.717) is 31.4 Å². The maximum absolute atomic E-state index is 14.6. The summed E-state index contributed by atoms with van der Waals surface area (Å²) in [4.78, 5) is 175. The van der Waals surface area contributed by atoms with Gasteiger partial charge in [-0.05, 0) is 123 Å². The molecule has 0 bridgehead atoms. The Bertz CT molecular complexity index is 2560. The summed E-state index contributed by atoms with van der Waals surface area (Å²) in [6, 6.07) is -14.9. The fraction of sp³-hybridized carbons (Fsp3) is 0.679. The highest BCUT2D eigenvalue weighted by atomic mass is 32.1. The van der Waals surface area contributed by atoms with Crippen LogP contribution in [0.3, 0.4) is 0 Å². The molecule has 0 fully saturated rings. The highest BCUT2D eigenvalue weighted by Gasteiger charge is 2.37. The zero-order chi connectivity index (χ0) is 68.6. The second-order valence-electron chi connectivity index (χ2n) is 21.3. The van der Waals surface area contributed by atoms with Crippen molar-refractivity contribution in [2.45, 2.75) is 189 Å². The van der Waals surface area contributed by atoms with Crippen LogP contribution in [-0.2, 0) is 64.0 Å². The zero-order valence-corrected chi connectivity index (χ0v) is 52.1. The minimum atomic E-state index is -1.74. The number of hydrogen-bond acceptors (Lipinski definition) is 21. The normalized spacial score (nSPS) is 14.6. The molecule has 0 saturated carbocycles. The number of aromatic amines is 1. The fourth-order valence-corrected chi connectivity index (χ4v) is 8.89. The molecule has 1 rings (SSSR count). The van der Waals surface area contributed by atoms with Crippen LogP contribution in [0.5, 0.6) is 0 Å². The van der Waals surface area contributed by atoms with Gasteiger partial charge < -0.3 is 120 Å². The molecule has 0 aliphatic carbocycles. The van der Waals surface area contributed by atoms with Crippen molar-refractivity contribution in [1.29, 1.82) is 0 Å². The number of aliphatic hydroxyl groups excluding tert-OH is 1. The SMILES string of the molecule is C[C@@H](O)[C@H](NC(=O)[C@H](CCCCN)NC(=O)[C@@H](N)CCC(N)=O)C(=O)N[C@@H](CS)C(=O)N[C@@H](CCCN=C(N)N)C(=O)N[C@@H](CCCCN)C(=O)N[C@@H](Cc1cnc[nH]1)C(=O)N[C@@H](CCCN=C(N)N)C(=O)N[C@@H](CCCCN)C(=O)N[C@@H](CCC(=O)O)C(=O)O. The first kappa shape index (κ1) is 80.6. The lowest BCUT2D eigenvalue weighted by Gasteiger charge is -2.28. The minimum absolute atomic E-state index is 0.0185. The van der Waals surface area contributed by atoms with Crippen LogP contribution < -0.4 is 99.5 Å². The maximum atomic E-state index is 14.6. The van der Waals surface area contributed by atoms with Gasteiger partial charge in [-0.3, -0.25) is 62.7 Å². The number of nitrogens with one attached hydrogen (secondary N) is 10. The number of amides is 10. The molecule has 0 radical (unpaired) electrons. The predicted molar refractivity (Wildman–Crippen MR) is 335 cm³/mol. The van der Waals surface area contributed by atoms with Crippen molar-refractivity contribution >= 4 is 95.6 Å². The van der Waals surface area contributed by atoms with Crippen molar-refractivity contribution in [2.75, 3.05) is 38.5 Å². The first-order valence-electron chi connectivity index (χ1n) is 29.8. The highest BCUT2D eigenvalue weighted by molar-refractivity contribution is 7.80. The fourth-order valence-electron chi connectivity index (χ4n) is 8.64. The molecule has 11 atom stereocenters. The minimum Gasteiger partial charge on any atom is -0.481 e. The smallest absolute Gasteiger partial charge is 0.326 e. The summed E-state index contributed by atoms with van der Waals surface area (Å²) in [6.07, 6.45) is 0.945. The van der Waals surface area contributed by atoms with E-state index in [1.165, 1.54) is 19.4 Å². The Morgan fingerprint density at radius 1 is 0.495 bits per heavy atom. The van der Waals surface area contributed by atoms with E-state index < -0.39 is 156 Å². The molecule has 10 amide bonds. The monoisotopic (exact) mass is 1310 g/mol. The summed E-state index contributed by atoms with van der Waals surface area (Å²) in [5.74, 6) is -13.1. The van der Waals surface area contributed by atoms with E-state index in [0.717, 1.165) is 0 Å². The summed E-state index contributed by atoms with van der Waals surface area (Å²) in [7, 11) is 0. The number of nitrogens with zero attached hydrogens (tertiary/aromatic N) is 3. The van der Waals surface area contributed by atoms with Gasteiger partial charge in [0.2, 0.25) is 59.1 Å². The van der Waals surface area contributed by atoms with E-state index in [9.17, 15) is 67.7 Å². The van der Waals surface area contributed by atoms with E-state index in [4.69, 9.17) is 56.7 Å². The molecular formula is C53H96N22O15S. The number of primary amides is 1. The molecular weight excluding hydrogens is 1220 g/mol. The van der Waals surface area contributed by atoms with Gasteiger partial charge in [-0.25, -0.2) is 9.78 Å². The van der Waals surface area contributed by atoms with Crippen LogP contribution in [-0.4, -0.2) is 213 Å². The van der Waals surface area contributed by atoms with Crippen molar-refractivity contribution in [2.24, 2.45) is 61.6 Å². The van der Waals surface area contributed by atoms with Crippen LogP contribution in [0.2, 0.25) is 0 Å². The van der Waals surface area contributed by atoms with Gasteiger partial charge in [0.25, 0.3) is 0 Å². The number of carboxylic acids is 2. The zero-order valence-electron chi connectivity index (χ0n) is 51.2. The predicted octanol–water partition coefficient (Wildman–Crippen LogP) is -8.34. The first-order valence-corrected chi connectivity index (χ1v) is 30.4. The number of aromatic nitrogens is 2. The number of H-pyrrole nitrogens is 1. The van der Waals surface area contributed by atoms with Crippen LogP contribution in [0.1, 0.15) is 122 Å². The molecule has 1 aromatic heterocycles. The molecule has 37 nitrogen and oxygen atoms in total. The topological polar surface area (TPSA) is 661 Å². The van der Waals surface area contributed by atoms with Gasteiger partial charge >= 0.3 is 11.9 Å². The first-order chi connectivity index (χ1) is 43.1. The molecule has 0 spiro atoms. The third-order valence-corrected chi connectivity index (χ3v) is 14.1. The number of nitrogens with two attached hydrogens (primary N) is 9. The van der Waals surface area contributed by atoms with Crippen LogP contribution >= 0.6 is 12.6 Å². The number of rotatable bonds is 49. The highest BCUT2D eigenvalue weighted by Crippen LogP contribution is 2.12. The third-order valence-electron chi connectivity index (χ3n) is 13.7. The second kappa shape index (κ2) is 44.9. The molecule has 38 heteroatoms. The van der Waals surface area contributed by atoms with Crippen LogP contribution in [0.15, 0.2) is 22.5 Å². The summed E-state index contributed by atoms with van der Waals surface area (Å²) in [5.41, 5.74) is 50.6. The Labute approximate surface area is 531 Å². The molecule has 514 valence electrons. The largest absolute Gasteiger partial charge is 0.481 e. The maximum Gasteiger partial charge on any atom is 0.326 e. The molecule has 0 aliphatic heterocycles. The van der Waals surface area contributed by atoms with Crippen molar-refractivity contribution < 1.29 is 72.9 Å². The number of aliphatic carboxylic acids is 2. The van der Waals surface area contributed by atoms with E-state index in [2.05, 4.69) is 80.4 Å². The Morgan fingerprint density at radius 2 is 0.868 bits per heavy atom. The Morgan fingerprint density at radius 3 is 1.23 bits per heavy atom. The van der Waals surface area contributed by atoms with Gasteiger partial charge in [-0.1, -0.05) is 0 Å². The van der Waals surface area contributed by atoms with Gasteiger partial charge in [-0.2, -0.15) is 12.6 Å². The Hall–Kier alpha value is -8.46. The third kappa shape index (κ3) is 33.8. The van der Waals surface area contributed by atoms with Gasteiger partial charge in [0.05, 0.1) is 18.5 Å². The van der Waals surface area contributed by atoms with E-state index in [1.54, 1.807) is 0 Å². The number of thiol groups is 1. The summed E-state index contributed by atoms with van der Waals surface area (Å²) >= 11 is 4.24. The number of aliphatic hydroxyl groups is 1. The van der Waals surface area contributed by atoms with Gasteiger partial charge in [0.15, 0.2) is 11.9 Å². The average molecular weight is 1310 g/mol. The number of imidazole rings is 1. The van der Waals surface area contributed by atoms with E-state index in [1.807, 2.05) is 0 Å². The molecule has 31 N–H and O–H groups in total. The van der Waals surface area contributed by atoms with E-state index in [-0.39, 0.29) is 122 Å². The van der Waals surface area contributed by atoms with Crippen LogP contribution in [0.25, 0.3) is 0 Å². The molecule has 1 aromatic rings. The van der Waals surface area contributed by atoms with Crippen molar-refractivity contribution in [3.05, 3.63) is 18.2 Å². The Kier molecular flexibility index (Phi) is 39.7. The lowest BCUT2D eigenvalue weighted by atomic mass is 10.0. The lowest BCUT2D eigenvalue weighted by molar-refractivity contribution is -0.143. The molecule has 0 saturated heterocycles. The van der Waals surface area contributed by atoms with Crippen molar-refractivity contribution in [3.8, 4) is 0 Å². The number of carboxylic acid groups (broad SMARTS) is 2. The summed E-state index contributed by atoms with van der Waals surface area (Å²) in [6.45, 7) is 1.70. The van der Waals surface area contributed by atoms with E-state index >= 15 is 0 Å². The molecule has 91 heavy (non-hydrogen) atoms. The van der Waals surface area contributed by atoms with Crippen LogP contribution in [0.4, 0.5) is 0 Å². The van der Waals surface area contributed by atoms with Crippen molar-refractivity contribution in [1.82, 2.24) is 57.8 Å². The van der Waals surface area contributed by atoms with Gasteiger partial charge in [0.1, 0.15) is 54.4 Å². The van der Waals surface area contributed by atoms with Crippen molar-refractivity contribution in [3.63, 3.8) is 0 Å². The number of carbonyl (C=O) groups excluding carboxylic acids is 10. The number of guanidine groups is 2. The standard InChI is InChI=1S/C53H96N22O15S/c1-28(76)41(75-47(85)33(12-4-7-21-56)67-42(80)30(57)15-17-39(58)77)50(88)74-38(26-91)49(87)71-35(14-9-23-65-53(61)62)44(82)69-32(11-3-6-20-55)46(84)73-37(24-29-25-63-27-66-29)48(86)70-34(13-8-22-64-52(59)60)43(81)68-31(10-2-5-19-54)45(83)72-36(51(89)90)16-18-40(78)79/h25,27-28,30-38,41,76,91H,2-24,26,54-57H2,1H3,(H2,58,77)(H,63,66)(H,67,80)(H,68,81)(H,69,82)(H,70,86)(H,71,87)(H,72,83)(H,73,84)(H,74,88)(H,75,85)(H,78,79)(H,89,90)(H4,59,60,64)(H4,61,62,65)/t28-,30+,31+,32+,33+,34+,35+,36+,37+,38+,41+/m1/s1. The van der Waals surface area contributed by atoms with Crippen LogP contribution in [0, 0.1) is 0 Å². The Balaban J connectivity index is 3.69. The second-order valence-corrected chi connectivity index (χ2v) is 21.7. The summed E-state index contributed by atoms with van der Waals surface area (Å²) in [5, 5.41) is 52.2. The number of carbonyl (C=O) groups is 12. The van der Waals surface area contributed by atoms with Gasteiger partial charge in [0, 0.05) is 50.0 Å². The number of unbranched alkanes of at least 4 members (excludes halogenated alkanes) is 3. The van der Waals surface area contributed by atoms with Gasteiger partial charge in [-0.15, -0.1) is 0 Å². The number of hydrogen-bond donors (Lipinski definition) is 23. The molecule has 0 aromatic carbocycles. The number of aliphatic imine (C=N–C) groups is 2. The molecule has 0 unspecified atom stereocenters. The molecule has 0 aliphatic rings. The quantitative estimate of drug-likeness (QED) is 0.0125. The average Bonchev–Trinajstić information content (AvgIpc) is 1.76. The summed E-state index contributed by atoms with van der Waals surface area (Å²) < 4.78 is 0. The molecule has 1 heterocycles.